The van der Waals surface area contributed by atoms with Gasteiger partial charge in [0.25, 0.3) is 5.91 Å². The van der Waals surface area contributed by atoms with Crippen molar-refractivity contribution in [1.82, 2.24) is 19.4 Å². The summed E-state index contributed by atoms with van der Waals surface area (Å²) in [4.78, 5) is 35.1. The summed E-state index contributed by atoms with van der Waals surface area (Å²) < 4.78 is 46.5. The number of hydrogen-bond acceptors (Lipinski definition) is 4. The Morgan fingerprint density at radius 3 is 2.64 bits per heavy atom. The van der Waals surface area contributed by atoms with Gasteiger partial charge in [-0.2, -0.15) is 13.2 Å². The van der Waals surface area contributed by atoms with E-state index < -0.39 is 18.8 Å². The molecule has 1 fully saturated rings. The lowest BCUT2D eigenvalue weighted by Gasteiger charge is -2.42. The van der Waals surface area contributed by atoms with Gasteiger partial charge < -0.3 is 19.1 Å². The molecule has 0 saturated heterocycles. The second kappa shape index (κ2) is 11.6. The van der Waals surface area contributed by atoms with Crippen LogP contribution in [0.1, 0.15) is 71.0 Å². The van der Waals surface area contributed by atoms with Gasteiger partial charge in [0.15, 0.2) is 0 Å². The van der Waals surface area contributed by atoms with Crippen molar-refractivity contribution in [2.45, 2.75) is 70.4 Å². The molecule has 3 aliphatic rings. The van der Waals surface area contributed by atoms with Gasteiger partial charge >= 0.3 is 6.18 Å². The number of hydrogen-bond donors (Lipinski definition) is 0. The number of nitrogens with zero attached hydrogens (tertiary/aromatic N) is 4. The monoisotopic (exact) mass is 600 g/mol. The van der Waals surface area contributed by atoms with Crippen molar-refractivity contribution in [3.63, 3.8) is 0 Å². The van der Waals surface area contributed by atoms with Crippen molar-refractivity contribution < 1.29 is 27.5 Å². The molecule has 0 radical (unpaired) electrons. The van der Waals surface area contributed by atoms with Crippen LogP contribution in [0.4, 0.5) is 13.2 Å². The van der Waals surface area contributed by atoms with Crippen LogP contribution in [0.15, 0.2) is 48.8 Å². The molecule has 42 heavy (non-hydrogen) atoms. The molecule has 2 amide bonds. The van der Waals surface area contributed by atoms with Crippen LogP contribution in [-0.2, 0) is 30.9 Å². The molecule has 1 atom stereocenters. The van der Waals surface area contributed by atoms with Gasteiger partial charge in [-0.05, 0) is 48.6 Å². The molecule has 11 heteroatoms. The molecule has 0 N–H and O–H groups in total. The van der Waals surface area contributed by atoms with Crippen LogP contribution in [0.3, 0.4) is 0 Å². The maximum absolute atomic E-state index is 14.0. The number of carbonyl (C=O) groups is 2. The Morgan fingerprint density at radius 2 is 1.88 bits per heavy atom. The predicted molar refractivity (Wildman–Crippen MR) is 150 cm³/mol. The fraction of sp³-hybridized carbons (Fsp3) is 0.452. The van der Waals surface area contributed by atoms with Crippen LogP contribution in [0.5, 0.6) is 5.75 Å². The highest BCUT2D eigenvalue weighted by Crippen LogP contribution is 2.43. The quantitative estimate of drug-likeness (QED) is 0.317. The van der Waals surface area contributed by atoms with E-state index in [1.54, 1.807) is 17.0 Å². The first-order valence-electron chi connectivity index (χ1n) is 14.4. The van der Waals surface area contributed by atoms with Gasteiger partial charge in [-0.15, -0.1) is 0 Å². The minimum absolute atomic E-state index is 0.0705. The van der Waals surface area contributed by atoms with Crippen molar-refractivity contribution in [2.24, 2.45) is 5.92 Å². The Balaban J connectivity index is 1.34. The van der Waals surface area contributed by atoms with E-state index in [2.05, 4.69) is 4.98 Å². The number of ether oxygens (including phenoxy) is 1. The third-order valence-corrected chi connectivity index (χ3v) is 8.96. The SMILES string of the molecule is O=C1c2ccccc2CN1C[C@@H]1c2c(OCc3nccn3CC(F)(F)F)ccc(Cl)c2CCN1C(=O)C1CCCCC1. The van der Waals surface area contributed by atoms with E-state index in [4.69, 9.17) is 16.3 Å². The van der Waals surface area contributed by atoms with Crippen molar-refractivity contribution in [3.8, 4) is 5.75 Å². The Labute approximate surface area is 247 Å². The number of imidazole rings is 1. The highest BCUT2D eigenvalue weighted by atomic mass is 35.5. The van der Waals surface area contributed by atoms with Gasteiger partial charge in [-0.1, -0.05) is 49.1 Å². The van der Waals surface area contributed by atoms with Gasteiger partial charge in [0.05, 0.1) is 6.04 Å². The first-order chi connectivity index (χ1) is 20.2. The Kier molecular flexibility index (Phi) is 7.91. The number of fused-ring (bicyclic) bond motifs is 2. The molecule has 3 aromatic rings. The van der Waals surface area contributed by atoms with E-state index in [0.717, 1.165) is 47.8 Å². The van der Waals surface area contributed by atoms with E-state index in [0.29, 0.717) is 41.4 Å². The van der Waals surface area contributed by atoms with E-state index >= 15 is 0 Å². The number of carbonyl (C=O) groups excluding carboxylic acids is 2. The van der Waals surface area contributed by atoms with Crippen LogP contribution >= 0.6 is 11.6 Å². The third-order valence-electron chi connectivity index (χ3n) is 8.61. The van der Waals surface area contributed by atoms with Crippen molar-refractivity contribution in [2.75, 3.05) is 13.1 Å². The van der Waals surface area contributed by atoms with Crippen LogP contribution in [0, 0.1) is 5.92 Å². The molecule has 2 aromatic carbocycles. The van der Waals surface area contributed by atoms with E-state index in [1.807, 2.05) is 29.2 Å². The zero-order valence-electron chi connectivity index (χ0n) is 23.1. The minimum atomic E-state index is -4.40. The van der Waals surface area contributed by atoms with Gasteiger partial charge in [-0.3, -0.25) is 9.59 Å². The first kappa shape index (κ1) is 28.6. The highest BCUT2D eigenvalue weighted by molar-refractivity contribution is 6.31. The molecule has 7 nitrogen and oxygen atoms in total. The topological polar surface area (TPSA) is 67.7 Å². The fourth-order valence-electron chi connectivity index (χ4n) is 6.57. The molecular weight excluding hydrogens is 569 g/mol. The molecule has 2 aliphatic heterocycles. The van der Waals surface area contributed by atoms with Gasteiger partial charge in [0.1, 0.15) is 24.7 Å². The highest BCUT2D eigenvalue weighted by Gasteiger charge is 2.40. The van der Waals surface area contributed by atoms with Crippen LogP contribution in [-0.4, -0.2) is 50.4 Å². The zero-order valence-corrected chi connectivity index (χ0v) is 23.8. The maximum Gasteiger partial charge on any atom is 0.406 e. The Hall–Kier alpha value is -3.53. The van der Waals surface area contributed by atoms with Crippen LogP contribution in [0.25, 0.3) is 0 Å². The van der Waals surface area contributed by atoms with E-state index in [1.165, 1.54) is 12.4 Å². The Morgan fingerprint density at radius 1 is 1.10 bits per heavy atom. The molecule has 0 bridgehead atoms. The van der Waals surface area contributed by atoms with Gasteiger partial charge in [0.2, 0.25) is 5.91 Å². The van der Waals surface area contributed by atoms with Crippen molar-refractivity contribution in [1.29, 1.82) is 0 Å². The summed E-state index contributed by atoms with van der Waals surface area (Å²) in [5, 5.41) is 0.529. The average Bonchev–Trinajstić information content (AvgIpc) is 3.55. The van der Waals surface area contributed by atoms with Crippen molar-refractivity contribution >= 4 is 23.4 Å². The number of aromatic nitrogens is 2. The summed E-state index contributed by atoms with van der Waals surface area (Å²) in [5.74, 6) is 0.449. The molecule has 1 aromatic heterocycles. The summed E-state index contributed by atoms with van der Waals surface area (Å²) >= 11 is 6.69. The van der Waals surface area contributed by atoms with E-state index in [-0.39, 0.29) is 36.7 Å². The molecule has 3 heterocycles. The van der Waals surface area contributed by atoms with Crippen LogP contribution in [0.2, 0.25) is 5.02 Å². The molecular formula is C31H32ClF3N4O3. The maximum atomic E-state index is 14.0. The largest absolute Gasteiger partial charge is 0.485 e. The average molecular weight is 601 g/mol. The number of rotatable bonds is 7. The predicted octanol–water partition coefficient (Wildman–Crippen LogP) is 6.34. The second-order valence-corrected chi connectivity index (χ2v) is 11.7. The number of alkyl halides is 3. The lowest BCUT2D eigenvalue weighted by Crippen LogP contribution is -2.48. The zero-order chi connectivity index (χ0) is 29.4. The standard InChI is InChI=1S/C31H32ClF3N4O3/c32-24-10-11-26(42-18-27-36-13-15-37(27)19-31(33,34)35)28-23(24)12-14-39(29(40)20-6-2-1-3-7-20)25(28)17-38-16-21-8-4-5-9-22(21)30(38)41/h4-5,8-11,13,15,20,25H,1-3,6-7,12,14,16-19H2/t25-/m1/s1. The lowest BCUT2D eigenvalue weighted by molar-refractivity contribution is -0.141. The normalized spacial score (nSPS) is 19.1. The van der Waals surface area contributed by atoms with Gasteiger partial charge in [0, 0.05) is 54.1 Å². The van der Waals surface area contributed by atoms with Crippen LogP contribution < -0.4 is 4.74 Å². The summed E-state index contributed by atoms with van der Waals surface area (Å²) in [6.45, 7) is -0.236. The fourth-order valence-corrected chi connectivity index (χ4v) is 6.83. The Bertz CT molecular complexity index is 1480. The smallest absolute Gasteiger partial charge is 0.406 e. The first-order valence-corrected chi connectivity index (χ1v) is 14.8. The van der Waals surface area contributed by atoms with E-state index in [9.17, 15) is 22.8 Å². The van der Waals surface area contributed by atoms with Crippen molar-refractivity contribution in [3.05, 3.63) is 81.9 Å². The second-order valence-electron chi connectivity index (χ2n) is 11.3. The number of halogens is 4. The summed E-state index contributed by atoms with van der Waals surface area (Å²) in [5.41, 5.74) is 3.12. The summed E-state index contributed by atoms with van der Waals surface area (Å²) in [7, 11) is 0. The molecule has 6 rings (SSSR count). The molecule has 0 unspecified atom stereocenters. The lowest BCUT2D eigenvalue weighted by atomic mass is 9.85. The summed E-state index contributed by atoms with van der Waals surface area (Å²) in [6, 6.07) is 10.4. The minimum Gasteiger partial charge on any atom is -0.485 e. The molecule has 222 valence electrons. The third kappa shape index (κ3) is 5.73. The molecule has 1 aliphatic carbocycles. The number of amides is 2. The van der Waals surface area contributed by atoms with Gasteiger partial charge in [-0.25, -0.2) is 4.98 Å². The number of benzene rings is 2. The molecule has 1 saturated carbocycles. The molecule has 0 spiro atoms. The summed E-state index contributed by atoms with van der Waals surface area (Å²) in [6.07, 6.45) is 3.50.